The van der Waals surface area contributed by atoms with Crippen LogP contribution in [0.4, 0.5) is 0 Å². The van der Waals surface area contributed by atoms with E-state index in [4.69, 9.17) is 0 Å². The van der Waals surface area contributed by atoms with Crippen molar-refractivity contribution in [3.63, 3.8) is 0 Å². The van der Waals surface area contributed by atoms with Crippen LogP contribution in [0, 0.1) is 13.0 Å². The van der Waals surface area contributed by atoms with Crippen molar-refractivity contribution in [3.05, 3.63) is 78.5 Å². The summed E-state index contributed by atoms with van der Waals surface area (Å²) in [4.78, 5) is 4.55. The van der Waals surface area contributed by atoms with Gasteiger partial charge in [0.2, 0.25) is 0 Å². The summed E-state index contributed by atoms with van der Waals surface area (Å²) < 4.78 is 0. The quantitative estimate of drug-likeness (QED) is 0.539. The summed E-state index contributed by atoms with van der Waals surface area (Å²) >= 11 is 0. The van der Waals surface area contributed by atoms with E-state index in [0.29, 0.717) is 0 Å². The molecule has 3 rings (SSSR count). The molecular formula is C18H14IrN-. The molecule has 0 spiro atoms. The predicted molar refractivity (Wildman–Crippen MR) is 78.7 cm³/mol. The summed E-state index contributed by atoms with van der Waals surface area (Å²) in [5.74, 6) is 0. The van der Waals surface area contributed by atoms with Gasteiger partial charge in [-0.15, -0.1) is 35.9 Å². The van der Waals surface area contributed by atoms with Crippen LogP contribution in [-0.4, -0.2) is 4.98 Å². The molecule has 1 radical (unpaired) electrons. The molecule has 101 valence electrons. The second-order valence-electron chi connectivity index (χ2n) is 4.53. The van der Waals surface area contributed by atoms with Crippen LogP contribution in [0.2, 0.25) is 0 Å². The molecule has 1 nitrogen and oxygen atoms in total. The molecule has 0 amide bonds. The number of nitrogens with zero attached hydrogens (tertiary/aromatic N) is 1. The number of hydrogen-bond donors (Lipinski definition) is 0. The van der Waals surface area contributed by atoms with Crippen molar-refractivity contribution < 1.29 is 20.1 Å². The van der Waals surface area contributed by atoms with E-state index in [1.807, 2.05) is 48.7 Å². The molecule has 1 heterocycles. The van der Waals surface area contributed by atoms with Gasteiger partial charge in [0.1, 0.15) is 0 Å². The van der Waals surface area contributed by atoms with Gasteiger partial charge in [0.25, 0.3) is 0 Å². The van der Waals surface area contributed by atoms with Gasteiger partial charge in [-0.2, -0.15) is 0 Å². The van der Waals surface area contributed by atoms with Gasteiger partial charge in [-0.25, -0.2) is 0 Å². The van der Waals surface area contributed by atoms with Crippen LogP contribution in [0.1, 0.15) is 5.56 Å². The van der Waals surface area contributed by atoms with Crippen LogP contribution in [0.15, 0.2) is 66.9 Å². The molecule has 0 fully saturated rings. The summed E-state index contributed by atoms with van der Waals surface area (Å²) in [5, 5.41) is 0. The van der Waals surface area contributed by atoms with E-state index in [1.54, 1.807) is 0 Å². The van der Waals surface area contributed by atoms with Crippen LogP contribution < -0.4 is 0 Å². The smallest absolute Gasteiger partial charge is 0.0242 e. The topological polar surface area (TPSA) is 12.9 Å². The average molecular weight is 437 g/mol. The fourth-order valence-electron chi connectivity index (χ4n) is 2.18. The van der Waals surface area contributed by atoms with Crippen molar-refractivity contribution in [2.45, 2.75) is 6.92 Å². The summed E-state index contributed by atoms with van der Waals surface area (Å²) in [6, 6.07) is 23.6. The minimum atomic E-state index is 0. The van der Waals surface area contributed by atoms with Crippen LogP contribution in [0.5, 0.6) is 0 Å². The maximum atomic E-state index is 4.55. The van der Waals surface area contributed by atoms with E-state index in [2.05, 4.69) is 36.2 Å². The number of hydrogen-bond acceptors (Lipinski definition) is 1. The molecule has 20 heavy (non-hydrogen) atoms. The zero-order chi connectivity index (χ0) is 13.1. The van der Waals surface area contributed by atoms with E-state index in [1.165, 1.54) is 16.7 Å². The standard InChI is InChI=1S/C18H14N.Ir/c1-14-12-18(16-10-6-3-7-11-16)19-13-17(14)15-8-4-2-5-9-15;/h2-10,12-13H,1H3;/q-1;. The Bertz CT molecular complexity index is 678. The molecule has 0 bridgehead atoms. The van der Waals surface area contributed by atoms with Crippen LogP contribution in [0.25, 0.3) is 22.4 Å². The number of aryl methyl sites for hydroxylation is 1. The van der Waals surface area contributed by atoms with Crippen LogP contribution in [-0.2, 0) is 20.1 Å². The second-order valence-corrected chi connectivity index (χ2v) is 4.53. The Kier molecular flexibility index (Phi) is 4.83. The predicted octanol–water partition coefficient (Wildman–Crippen LogP) is 4.52. The monoisotopic (exact) mass is 437 g/mol. The molecule has 0 N–H and O–H groups in total. The van der Waals surface area contributed by atoms with E-state index in [9.17, 15) is 0 Å². The summed E-state index contributed by atoms with van der Waals surface area (Å²) in [6.45, 7) is 2.12. The Hall–Kier alpha value is -1.76. The molecule has 3 aromatic rings. The first-order chi connectivity index (χ1) is 9.34. The summed E-state index contributed by atoms with van der Waals surface area (Å²) in [6.07, 6.45) is 1.95. The van der Waals surface area contributed by atoms with E-state index in [0.717, 1.165) is 11.3 Å². The third-order valence-electron chi connectivity index (χ3n) is 3.18. The normalized spacial score (nSPS) is 9.85. The first-order valence-electron chi connectivity index (χ1n) is 6.34. The SMILES string of the molecule is Cc1cc(-c2[c-]cccc2)ncc1-c1ccccc1.[Ir]. The molecule has 1 aromatic heterocycles. The van der Waals surface area contributed by atoms with Gasteiger partial charge in [0, 0.05) is 31.9 Å². The number of aromatic nitrogens is 1. The van der Waals surface area contributed by atoms with Crippen molar-refractivity contribution in [2.75, 3.05) is 0 Å². The summed E-state index contributed by atoms with van der Waals surface area (Å²) in [7, 11) is 0. The minimum Gasteiger partial charge on any atom is -0.304 e. The molecule has 0 aliphatic rings. The third kappa shape index (κ3) is 3.04. The number of pyridine rings is 1. The van der Waals surface area contributed by atoms with Crippen LogP contribution >= 0.6 is 0 Å². The van der Waals surface area contributed by atoms with Gasteiger partial charge in [-0.3, -0.25) is 0 Å². The van der Waals surface area contributed by atoms with Crippen LogP contribution in [0.3, 0.4) is 0 Å². The van der Waals surface area contributed by atoms with Gasteiger partial charge in [-0.05, 0) is 23.7 Å². The maximum Gasteiger partial charge on any atom is 0.0242 e. The molecule has 0 atom stereocenters. The van der Waals surface area contributed by atoms with Gasteiger partial charge in [0.05, 0.1) is 0 Å². The molecule has 2 aromatic carbocycles. The molecular weight excluding hydrogens is 422 g/mol. The van der Waals surface area contributed by atoms with Crippen molar-refractivity contribution >= 4 is 0 Å². The van der Waals surface area contributed by atoms with Crippen molar-refractivity contribution in [3.8, 4) is 22.4 Å². The Morgan fingerprint density at radius 3 is 2.35 bits per heavy atom. The zero-order valence-electron chi connectivity index (χ0n) is 11.1. The fraction of sp³-hybridized carbons (Fsp3) is 0.0556. The Balaban J connectivity index is 0.00000147. The zero-order valence-corrected chi connectivity index (χ0v) is 13.5. The largest absolute Gasteiger partial charge is 0.304 e. The third-order valence-corrected chi connectivity index (χ3v) is 3.18. The van der Waals surface area contributed by atoms with E-state index in [-0.39, 0.29) is 20.1 Å². The molecule has 0 saturated carbocycles. The molecule has 0 unspecified atom stereocenters. The number of rotatable bonds is 2. The van der Waals surface area contributed by atoms with E-state index >= 15 is 0 Å². The van der Waals surface area contributed by atoms with Crippen molar-refractivity contribution in [1.82, 2.24) is 4.98 Å². The Morgan fingerprint density at radius 1 is 0.950 bits per heavy atom. The Labute approximate surface area is 133 Å². The van der Waals surface area contributed by atoms with Crippen molar-refractivity contribution in [2.24, 2.45) is 0 Å². The summed E-state index contributed by atoms with van der Waals surface area (Å²) in [5.41, 5.74) is 5.62. The van der Waals surface area contributed by atoms with Gasteiger partial charge in [0.15, 0.2) is 0 Å². The van der Waals surface area contributed by atoms with Crippen molar-refractivity contribution in [1.29, 1.82) is 0 Å². The molecule has 0 aliphatic carbocycles. The minimum absolute atomic E-state index is 0. The van der Waals surface area contributed by atoms with Gasteiger partial charge >= 0.3 is 0 Å². The molecule has 0 saturated heterocycles. The van der Waals surface area contributed by atoms with Gasteiger partial charge in [-0.1, -0.05) is 36.4 Å². The Morgan fingerprint density at radius 2 is 1.70 bits per heavy atom. The first-order valence-corrected chi connectivity index (χ1v) is 6.34. The molecule has 0 aliphatic heterocycles. The van der Waals surface area contributed by atoms with Gasteiger partial charge < -0.3 is 4.98 Å². The van der Waals surface area contributed by atoms with E-state index < -0.39 is 0 Å². The number of benzene rings is 2. The molecule has 2 heteroatoms. The fourth-order valence-corrected chi connectivity index (χ4v) is 2.18. The first kappa shape index (κ1) is 14.6. The average Bonchev–Trinajstić information content (AvgIpc) is 2.49. The maximum absolute atomic E-state index is 4.55. The second kappa shape index (κ2) is 6.60.